The maximum Gasteiger partial charge on any atom is 0.411 e. The summed E-state index contributed by atoms with van der Waals surface area (Å²) >= 11 is 3.91. The third-order valence-corrected chi connectivity index (χ3v) is 18.2. The van der Waals surface area contributed by atoms with E-state index in [9.17, 15) is 38.4 Å². The lowest BCUT2D eigenvalue weighted by molar-refractivity contribution is -0.144. The van der Waals surface area contributed by atoms with E-state index in [-0.39, 0.29) is 83.1 Å². The van der Waals surface area contributed by atoms with Gasteiger partial charge in [0.1, 0.15) is 37.9 Å². The molecule has 118 heavy (non-hydrogen) atoms. The number of alkyl halides is 2. The monoisotopic (exact) mass is 1820 g/mol. The van der Waals surface area contributed by atoms with Crippen LogP contribution in [0.25, 0.3) is 0 Å². The molecule has 0 atom stereocenters. The number of carbonyl (C=O) groups is 6. The number of hydrogen-bond acceptors (Lipinski definition) is 19. The Balaban J connectivity index is 0.00000290. The number of ether oxygens (including phenoxy) is 9. The van der Waals surface area contributed by atoms with Crippen molar-refractivity contribution < 1.29 is 83.7 Å². The predicted octanol–water partition coefficient (Wildman–Crippen LogP) is 19.9. The third-order valence-electron chi connectivity index (χ3n) is 18.2. The molecular formula is C93H96I2N6O17. The number of nitrogens with one attached hydrogen (secondary N) is 4. The summed E-state index contributed by atoms with van der Waals surface area (Å²) in [7, 11) is 0. The Bertz CT molecular complexity index is 4890. The van der Waals surface area contributed by atoms with Gasteiger partial charge in [-0.25, -0.2) is 28.8 Å². The molecule has 0 spiro atoms. The van der Waals surface area contributed by atoms with Crippen molar-refractivity contribution in [3.63, 3.8) is 0 Å². The maximum absolute atomic E-state index is 12.7. The lowest BCUT2D eigenvalue weighted by Crippen LogP contribution is -2.19. The van der Waals surface area contributed by atoms with Crippen molar-refractivity contribution in [2.75, 3.05) is 97.1 Å². The van der Waals surface area contributed by atoms with Gasteiger partial charge in [0.05, 0.1) is 63.9 Å². The van der Waals surface area contributed by atoms with Crippen molar-refractivity contribution in [3.8, 4) is 11.5 Å². The first-order chi connectivity index (χ1) is 58.4. The number of benzene rings is 10. The molecule has 614 valence electrons. The largest absolute Gasteiger partial charge is 0.491 e. The minimum Gasteiger partial charge on any atom is -0.491 e. The molecule has 10 rings (SSSR count). The number of rotatable bonds is 41. The van der Waals surface area contributed by atoms with E-state index in [2.05, 4.69) is 45.1 Å². The molecule has 0 aromatic heterocycles. The molecule has 0 bridgehead atoms. The van der Waals surface area contributed by atoms with Crippen LogP contribution in [-0.2, 0) is 96.3 Å². The smallest absolute Gasteiger partial charge is 0.411 e. The summed E-state index contributed by atoms with van der Waals surface area (Å²) in [6, 6.07) is 75.7. The fourth-order valence-corrected chi connectivity index (χ4v) is 11.9. The minimum atomic E-state index is -0.601. The molecule has 10 aromatic rings. The maximum atomic E-state index is 12.7. The van der Waals surface area contributed by atoms with Crippen molar-refractivity contribution in [1.29, 1.82) is 0 Å². The summed E-state index contributed by atoms with van der Waals surface area (Å²) in [5.41, 5.74) is 15.3. The molecule has 0 unspecified atom stereocenters. The highest BCUT2D eigenvalue weighted by Crippen LogP contribution is 2.34. The second-order valence-corrected chi connectivity index (χ2v) is 27.1. The van der Waals surface area contributed by atoms with Gasteiger partial charge in [0.15, 0.2) is 0 Å². The van der Waals surface area contributed by atoms with Gasteiger partial charge in [0.25, 0.3) is 0 Å². The predicted molar refractivity (Wildman–Crippen MR) is 473 cm³/mol. The van der Waals surface area contributed by atoms with E-state index in [1.807, 2.05) is 215 Å². The van der Waals surface area contributed by atoms with E-state index >= 15 is 0 Å². The van der Waals surface area contributed by atoms with E-state index < -0.39 is 24.4 Å². The number of amides is 4. The quantitative estimate of drug-likeness (QED) is 0.00526. The number of hydrogen-bond donors (Lipinski definition) is 4. The van der Waals surface area contributed by atoms with Crippen LogP contribution >= 0.6 is 45.2 Å². The Morgan fingerprint density at radius 3 is 0.864 bits per heavy atom. The van der Waals surface area contributed by atoms with E-state index in [1.54, 1.807) is 72.8 Å². The molecule has 23 nitrogen and oxygen atoms in total. The number of unbranched alkanes of at least 4 members (excludes halogenated alkanes) is 2. The highest BCUT2D eigenvalue weighted by molar-refractivity contribution is 14.1. The molecule has 0 aliphatic rings. The van der Waals surface area contributed by atoms with Crippen LogP contribution in [0.4, 0.5) is 53.3 Å². The molecule has 10 aromatic carbocycles. The van der Waals surface area contributed by atoms with Gasteiger partial charge in [-0.05, 0) is 225 Å². The average molecular weight is 1830 g/mol. The van der Waals surface area contributed by atoms with Crippen LogP contribution in [0.3, 0.4) is 0 Å². The Kier molecular flexibility index (Phi) is 38.3. The Morgan fingerprint density at radius 2 is 0.559 bits per heavy atom. The fourth-order valence-electron chi connectivity index (χ4n) is 11.9. The molecule has 0 aliphatic carbocycles. The zero-order valence-electron chi connectivity index (χ0n) is 67.7. The Morgan fingerprint density at radius 1 is 0.322 bits per heavy atom. The molecular weight excluding hydrogens is 1730 g/mol. The highest BCUT2D eigenvalue weighted by Gasteiger charge is 2.24. The second-order valence-electron chi connectivity index (χ2n) is 27.1. The Labute approximate surface area is 718 Å². The number of aliphatic imine (C=N–C) groups is 2. The first kappa shape index (κ1) is 88.4. The van der Waals surface area contributed by atoms with Crippen molar-refractivity contribution in [3.05, 3.63) is 309 Å². The lowest BCUT2D eigenvalue weighted by atomic mass is 9.78. The first-order valence-electron chi connectivity index (χ1n) is 39.5. The first-order valence-corrected chi connectivity index (χ1v) is 41.1. The van der Waals surface area contributed by atoms with E-state index in [0.29, 0.717) is 120 Å². The van der Waals surface area contributed by atoms with Gasteiger partial charge in [-0.1, -0.05) is 205 Å². The van der Waals surface area contributed by atoms with Crippen LogP contribution in [0, 0.1) is 0 Å². The van der Waals surface area contributed by atoms with Gasteiger partial charge >= 0.3 is 36.3 Å². The number of carbonyl (C=O) groups excluding carboxylic acids is 8. The topological polar surface area (TPSA) is 292 Å². The summed E-state index contributed by atoms with van der Waals surface area (Å²) in [5.74, 6) is 0.661. The van der Waals surface area contributed by atoms with Crippen LogP contribution in [0.1, 0.15) is 109 Å². The molecule has 0 aliphatic heterocycles. The molecule has 4 amide bonds. The molecule has 0 saturated carbocycles. The highest BCUT2D eigenvalue weighted by atomic mass is 127. The SMILES string of the molecule is CC(C)(c1ccc(OCCOCCOC(=O)Nc2ccc(Cc3ccc(NC(=O)OCCCCOC(=O)Cc4ccc(Cc5ccc(N=C=O)cc5)cc4)cc3)cc2)cc1)c1ccc(OCCOC(=O)Cc2ccc(Cc3ccc(NC(=O)OCCCCOC(=O)Nc4ccc(Cc5ccc(N=C=O)cc5)cc4)cc3)cc2)cc1.[2H]CI.[2H]CI. The van der Waals surface area contributed by atoms with Crippen LogP contribution in [0.5, 0.6) is 11.5 Å². The number of esters is 2. The second kappa shape index (κ2) is 51.2. The molecule has 0 fully saturated rings. The van der Waals surface area contributed by atoms with Crippen LogP contribution in [-0.4, -0.2) is 124 Å². The van der Waals surface area contributed by atoms with Crippen LogP contribution in [0.15, 0.2) is 253 Å². The zero-order valence-corrected chi connectivity index (χ0v) is 70.1. The van der Waals surface area contributed by atoms with Crippen molar-refractivity contribution >= 4 is 128 Å². The van der Waals surface area contributed by atoms with Crippen molar-refractivity contribution in [1.82, 2.24) is 0 Å². The fraction of sp³-hybridized carbons (Fsp3) is 0.269. The van der Waals surface area contributed by atoms with Gasteiger partial charge in [-0.3, -0.25) is 30.9 Å². The van der Waals surface area contributed by atoms with Gasteiger partial charge in [-0.2, -0.15) is 9.98 Å². The molecule has 0 radical (unpaired) electrons. The average Bonchev–Trinajstić information content (AvgIpc) is 0.799. The normalized spacial score (nSPS) is 10.7. The van der Waals surface area contributed by atoms with Crippen LogP contribution in [0.2, 0.25) is 0 Å². The summed E-state index contributed by atoms with van der Waals surface area (Å²) in [6.45, 7) is 6.13. The third kappa shape index (κ3) is 33.7. The van der Waals surface area contributed by atoms with Crippen molar-refractivity contribution in [2.24, 2.45) is 9.98 Å². The van der Waals surface area contributed by atoms with Gasteiger partial charge in [-0.15, -0.1) is 0 Å². The molecule has 0 saturated heterocycles. The molecule has 4 N–H and O–H groups in total. The minimum absolute atomic E-state index is 0.0557. The number of halogens is 2. The van der Waals surface area contributed by atoms with Gasteiger partial charge in [0.2, 0.25) is 12.2 Å². The number of anilines is 4. The molecule has 0 heterocycles. The lowest BCUT2D eigenvalue weighted by Gasteiger charge is -2.26. The standard InChI is InChI=1S/C91H90N6O17.2CH3I/c1-91(2,76-29-45-84(46-30-76)108-55-56-110-86(101)62-74-13-9-66(10-14-74)58-69-19-35-79(36-20-69)95-88(103)112-49-5-6-50-113-89(104)96-80-37-21-70(22-38-80)59-68-17-33-78(34-18-68)93-64-99)75-27-43-83(44-28-75)107-53-51-106-52-54-114-90(105)97-82-41-25-72(26-42-82)60-71-23-39-81(40-24-71)94-87(102)111-48-4-3-47-109-85(100)61-73-11-7-65(8-12-73)57-67-15-31-77(32-16-67)92-63-98;2*1-2/h7-46H,3-6,47-62H2,1-2H3,(H,94,102)(H,95,103)(H,96,104)(H,97,105);2*1H3/i;2*1D. The van der Waals surface area contributed by atoms with E-state index in [1.165, 1.54) is 12.2 Å². The summed E-state index contributed by atoms with van der Waals surface area (Å²) in [5, 5.41) is 10.9. The van der Waals surface area contributed by atoms with E-state index in [0.717, 1.165) is 66.8 Å². The van der Waals surface area contributed by atoms with E-state index in [4.69, 9.17) is 45.4 Å². The van der Waals surface area contributed by atoms with Gasteiger partial charge < -0.3 is 42.6 Å². The van der Waals surface area contributed by atoms with Gasteiger partial charge in [0, 0.05) is 30.9 Å². The zero-order chi connectivity index (χ0) is 85.4. The van der Waals surface area contributed by atoms with Crippen LogP contribution < -0.4 is 30.7 Å². The summed E-state index contributed by atoms with van der Waals surface area (Å²) < 4.78 is 62.0. The number of nitrogens with zero attached hydrogens (tertiary/aromatic N) is 2. The van der Waals surface area contributed by atoms with Crippen molar-refractivity contribution in [2.45, 2.75) is 83.5 Å². The summed E-state index contributed by atoms with van der Waals surface area (Å²) in [4.78, 5) is 104. The number of isocyanates is 2. The molecule has 25 heteroatoms. The Hall–Kier alpha value is -12.0. The summed E-state index contributed by atoms with van der Waals surface area (Å²) in [6.07, 6.45) is 5.72.